The van der Waals surface area contributed by atoms with Gasteiger partial charge in [-0.2, -0.15) is 11.8 Å². The zero-order valence-corrected chi connectivity index (χ0v) is 9.62. The monoisotopic (exact) mass is 244 g/mol. The standard InChI is InChI=1S/C11H14F2N2S/c12-7-4-9(13)11(14)10(5-7)15-8-2-1-3-16-6-8/h4-5,8,15H,1-3,6,14H2. The van der Waals surface area contributed by atoms with Gasteiger partial charge in [0.1, 0.15) is 5.82 Å². The van der Waals surface area contributed by atoms with Gasteiger partial charge >= 0.3 is 0 Å². The van der Waals surface area contributed by atoms with Crippen LogP contribution in [0.1, 0.15) is 12.8 Å². The second-order valence-corrected chi connectivity index (χ2v) is 5.06. The van der Waals surface area contributed by atoms with Crippen molar-refractivity contribution >= 4 is 23.1 Å². The maximum Gasteiger partial charge on any atom is 0.151 e. The van der Waals surface area contributed by atoms with E-state index in [1.54, 1.807) is 0 Å². The van der Waals surface area contributed by atoms with Gasteiger partial charge in [-0.25, -0.2) is 8.78 Å². The Morgan fingerprint density at radius 3 is 2.88 bits per heavy atom. The first-order valence-electron chi connectivity index (χ1n) is 5.25. The summed E-state index contributed by atoms with van der Waals surface area (Å²) in [6, 6.07) is 2.30. The molecule has 1 aliphatic rings. The number of nitrogens with two attached hydrogens (primary N) is 1. The third kappa shape index (κ3) is 2.58. The molecule has 1 heterocycles. The lowest BCUT2D eigenvalue weighted by molar-refractivity contribution is 0.586. The van der Waals surface area contributed by atoms with Crippen molar-refractivity contribution in [1.82, 2.24) is 0 Å². The van der Waals surface area contributed by atoms with Crippen LogP contribution in [0.3, 0.4) is 0 Å². The van der Waals surface area contributed by atoms with E-state index in [1.165, 1.54) is 6.07 Å². The number of nitrogens with one attached hydrogen (secondary N) is 1. The number of anilines is 2. The van der Waals surface area contributed by atoms with Crippen LogP contribution in [-0.4, -0.2) is 17.5 Å². The molecule has 5 heteroatoms. The maximum absolute atomic E-state index is 13.2. The summed E-state index contributed by atoms with van der Waals surface area (Å²) in [7, 11) is 0. The molecule has 2 rings (SSSR count). The first-order chi connectivity index (χ1) is 7.66. The second-order valence-electron chi connectivity index (χ2n) is 3.91. The maximum atomic E-state index is 13.2. The Hall–Kier alpha value is -0.970. The van der Waals surface area contributed by atoms with Crippen LogP contribution in [0.4, 0.5) is 20.2 Å². The Labute approximate surface area is 97.6 Å². The van der Waals surface area contributed by atoms with Crippen LogP contribution in [0.2, 0.25) is 0 Å². The molecule has 1 fully saturated rings. The molecule has 0 aromatic heterocycles. The van der Waals surface area contributed by atoms with E-state index in [0.717, 1.165) is 30.4 Å². The van der Waals surface area contributed by atoms with Gasteiger partial charge in [-0.3, -0.25) is 0 Å². The molecular weight excluding hydrogens is 230 g/mol. The number of benzene rings is 1. The van der Waals surface area contributed by atoms with Gasteiger partial charge in [0.15, 0.2) is 5.82 Å². The Bertz CT molecular complexity index is 378. The summed E-state index contributed by atoms with van der Waals surface area (Å²) < 4.78 is 26.2. The highest BCUT2D eigenvalue weighted by molar-refractivity contribution is 7.99. The molecule has 0 radical (unpaired) electrons. The lowest BCUT2D eigenvalue weighted by Gasteiger charge is -2.24. The Balaban J connectivity index is 2.13. The largest absolute Gasteiger partial charge is 0.395 e. The number of hydrogen-bond donors (Lipinski definition) is 2. The van der Waals surface area contributed by atoms with Gasteiger partial charge in [0.25, 0.3) is 0 Å². The lowest BCUT2D eigenvalue weighted by atomic mass is 10.1. The summed E-state index contributed by atoms with van der Waals surface area (Å²) in [5.74, 6) is 0.812. The highest BCUT2D eigenvalue weighted by atomic mass is 32.2. The Morgan fingerprint density at radius 2 is 2.19 bits per heavy atom. The zero-order valence-electron chi connectivity index (χ0n) is 8.80. The number of hydrogen-bond acceptors (Lipinski definition) is 3. The third-order valence-electron chi connectivity index (χ3n) is 2.61. The van der Waals surface area contributed by atoms with Gasteiger partial charge in [0.2, 0.25) is 0 Å². The van der Waals surface area contributed by atoms with E-state index < -0.39 is 11.6 Å². The first kappa shape index (κ1) is 11.5. The highest BCUT2D eigenvalue weighted by Crippen LogP contribution is 2.27. The molecule has 88 valence electrons. The fraction of sp³-hybridized carbons (Fsp3) is 0.455. The number of nitrogen functional groups attached to an aromatic ring is 1. The topological polar surface area (TPSA) is 38.0 Å². The summed E-state index contributed by atoms with van der Waals surface area (Å²) in [5.41, 5.74) is 5.92. The molecule has 0 aliphatic carbocycles. The molecule has 0 saturated carbocycles. The SMILES string of the molecule is Nc1c(F)cc(F)cc1NC1CCCSC1. The first-order valence-corrected chi connectivity index (χ1v) is 6.41. The molecule has 2 nitrogen and oxygen atoms in total. The molecule has 1 aliphatic heterocycles. The molecule has 0 bridgehead atoms. The van der Waals surface area contributed by atoms with E-state index in [2.05, 4.69) is 5.32 Å². The van der Waals surface area contributed by atoms with Gasteiger partial charge in [0, 0.05) is 17.9 Å². The van der Waals surface area contributed by atoms with Crippen molar-refractivity contribution in [3.05, 3.63) is 23.8 Å². The fourth-order valence-electron chi connectivity index (χ4n) is 1.78. The molecule has 16 heavy (non-hydrogen) atoms. The van der Waals surface area contributed by atoms with Crippen LogP contribution in [0.5, 0.6) is 0 Å². The lowest BCUT2D eigenvalue weighted by Crippen LogP contribution is -2.26. The van der Waals surface area contributed by atoms with Crippen molar-refractivity contribution in [2.24, 2.45) is 0 Å². The minimum absolute atomic E-state index is 0.00280. The molecule has 1 atom stereocenters. The summed E-state index contributed by atoms with van der Waals surface area (Å²) in [6.07, 6.45) is 2.14. The molecule has 1 aromatic carbocycles. The zero-order chi connectivity index (χ0) is 11.5. The number of thioether (sulfide) groups is 1. The van der Waals surface area contributed by atoms with Crippen molar-refractivity contribution in [2.75, 3.05) is 22.6 Å². The predicted octanol–water partition coefficient (Wildman–Crippen LogP) is 2.85. The molecular formula is C11H14F2N2S. The van der Waals surface area contributed by atoms with Crippen molar-refractivity contribution in [3.8, 4) is 0 Å². The van der Waals surface area contributed by atoms with Crippen molar-refractivity contribution < 1.29 is 8.78 Å². The predicted molar refractivity (Wildman–Crippen MR) is 64.7 cm³/mol. The van der Waals surface area contributed by atoms with E-state index in [4.69, 9.17) is 5.73 Å². The average molecular weight is 244 g/mol. The molecule has 1 aromatic rings. The summed E-state index contributed by atoms with van der Waals surface area (Å²) >= 11 is 1.85. The van der Waals surface area contributed by atoms with E-state index in [9.17, 15) is 8.78 Å². The Kier molecular flexibility index (Phi) is 3.53. The van der Waals surface area contributed by atoms with Crippen molar-refractivity contribution in [3.63, 3.8) is 0 Å². The molecule has 1 saturated heterocycles. The molecule has 0 amide bonds. The van der Waals surface area contributed by atoms with E-state index in [0.29, 0.717) is 5.69 Å². The van der Waals surface area contributed by atoms with Crippen LogP contribution in [-0.2, 0) is 0 Å². The highest BCUT2D eigenvalue weighted by Gasteiger charge is 2.16. The van der Waals surface area contributed by atoms with Crippen LogP contribution < -0.4 is 11.1 Å². The molecule has 3 N–H and O–H groups in total. The van der Waals surface area contributed by atoms with Crippen LogP contribution in [0.15, 0.2) is 12.1 Å². The minimum atomic E-state index is -0.703. The van der Waals surface area contributed by atoms with Gasteiger partial charge in [0.05, 0.1) is 11.4 Å². The van der Waals surface area contributed by atoms with E-state index >= 15 is 0 Å². The third-order valence-corrected chi connectivity index (χ3v) is 3.83. The second kappa shape index (κ2) is 4.91. The van der Waals surface area contributed by atoms with Gasteiger partial charge < -0.3 is 11.1 Å². The van der Waals surface area contributed by atoms with Crippen LogP contribution in [0.25, 0.3) is 0 Å². The van der Waals surface area contributed by atoms with Crippen LogP contribution >= 0.6 is 11.8 Å². The number of halogens is 2. The van der Waals surface area contributed by atoms with Crippen molar-refractivity contribution in [1.29, 1.82) is 0 Å². The fourth-order valence-corrected chi connectivity index (χ4v) is 2.85. The summed E-state index contributed by atoms with van der Waals surface area (Å²) in [4.78, 5) is 0. The van der Waals surface area contributed by atoms with E-state index in [1.807, 2.05) is 11.8 Å². The smallest absolute Gasteiger partial charge is 0.151 e. The Morgan fingerprint density at radius 1 is 1.38 bits per heavy atom. The quantitative estimate of drug-likeness (QED) is 0.786. The van der Waals surface area contributed by atoms with Gasteiger partial charge in [-0.1, -0.05) is 0 Å². The average Bonchev–Trinajstić information content (AvgIpc) is 2.27. The molecule has 0 spiro atoms. The summed E-state index contributed by atoms with van der Waals surface area (Å²) in [5, 5.41) is 3.10. The van der Waals surface area contributed by atoms with E-state index in [-0.39, 0.29) is 11.7 Å². The van der Waals surface area contributed by atoms with Gasteiger partial charge in [-0.15, -0.1) is 0 Å². The van der Waals surface area contributed by atoms with Gasteiger partial charge in [-0.05, 0) is 24.7 Å². The minimum Gasteiger partial charge on any atom is -0.395 e. The number of rotatable bonds is 2. The van der Waals surface area contributed by atoms with Crippen molar-refractivity contribution in [2.45, 2.75) is 18.9 Å². The van der Waals surface area contributed by atoms with Crippen LogP contribution in [0, 0.1) is 11.6 Å². The normalized spacial score (nSPS) is 20.8. The summed E-state index contributed by atoms with van der Waals surface area (Å²) in [6.45, 7) is 0. The molecule has 1 unspecified atom stereocenters.